The van der Waals surface area contributed by atoms with E-state index in [9.17, 15) is 0 Å². The molecule has 1 aliphatic heterocycles. The van der Waals surface area contributed by atoms with Crippen LogP contribution in [0.4, 0.5) is 5.69 Å². The number of rotatable bonds is 5. The van der Waals surface area contributed by atoms with Gasteiger partial charge in [0.25, 0.3) is 0 Å². The minimum absolute atomic E-state index is 0.470. The summed E-state index contributed by atoms with van der Waals surface area (Å²) in [4.78, 5) is 2.40. The molecule has 1 N–H and O–H groups in total. The summed E-state index contributed by atoms with van der Waals surface area (Å²) in [6, 6.07) is 6.41. The standard InChI is InChI=1S/C16H25ClN2O/c1-4-20-16-6-5-14(11-15(16)17)18-12(2)13-7-9-19(3)10-8-13/h5-6,11-13,18H,4,7-10H2,1-3H3. The van der Waals surface area contributed by atoms with Crippen LogP contribution in [0.3, 0.4) is 0 Å². The minimum atomic E-state index is 0.470. The van der Waals surface area contributed by atoms with Crippen molar-refractivity contribution >= 4 is 17.3 Å². The van der Waals surface area contributed by atoms with Gasteiger partial charge >= 0.3 is 0 Å². The number of ether oxygens (including phenoxy) is 1. The van der Waals surface area contributed by atoms with E-state index in [0.717, 1.165) is 17.4 Å². The Balaban J connectivity index is 1.94. The minimum Gasteiger partial charge on any atom is -0.492 e. The molecular weight excluding hydrogens is 272 g/mol. The monoisotopic (exact) mass is 296 g/mol. The number of anilines is 1. The molecular formula is C16H25ClN2O. The Morgan fingerprint density at radius 3 is 2.70 bits per heavy atom. The van der Waals surface area contributed by atoms with E-state index in [-0.39, 0.29) is 0 Å². The smallest absolute Gasteiger partial charge is 0.138 e. The number of hydrogen-bond donors (Lipinski definition) is 1. The Labute approximate surface area is 127 Å². The Morgan fingerprint density at radius 1 is 1.40 bits per heavy atom. The highest BCUT2D eigenvalue weighted by Gasteiger charge is 2.22. The fourth-order valence-electron chi connectivity index (χ4n) is 2.77. The third-order valence-electron chi connectivity index (χ3n) is 4.10. The predicted octanol–water partition coefficient (Wildman–Crippen LogP) is 3.88. The molecule has 1 heterocycles. The van der Waals surface area contributed by atoms with Crippen molar-refractivity contribution < 1.29 is 4.74 Å². The van der Waals surface area contributed by atoms with E-state index in [4.69, 9.17) is 16.3 Å². The van der Waals surface area contributed by atoms with Crippen molar-refractivity contribution in [3.63, 3.8) is 0 Å². The van der Waals surface area contributed by atoms with Crippen molar-refractivity contribution in [1.82, 2.24) is 4.90 Å². The number of likely N-dealkylation sites (tertiary alicyclic amines) is 1. The van der Waals surface area contributed by atoms with Crippen LogP contribution in [0, 0.1) is 5.92 Å². The van der Waals surface area contributed by atoms with Gasteiger partial charge in [-0.25, -0.2) is 0 Å². The summed E-state index contributed by atoms with van der Waals surface area (Å²) in [7, 11) is 2.19. The van der Waals surface area contributed by atoms with Gasteiger partial charge in [-0.05, 0) is 70.9 Å². The van der Waals surface area contributed by atoms with Gasteiger partial charge in [-0.1, -0.05) is 11.6 Å². The van der Waals surface area contributed by atoms with Gasteiger partial charge in [-0.15, -0.1) is 0 Å². The summed E-state index contributed by atoms with van der Waals surface area (Å²) in [6.45, 7) is 7.25. The first-order valence-electron chi connectivity index (χ1n) is 7.47. The molecule has 1 atom stereocenters. The van der Waals surface area contributed by atoms with Crippen LogP contribution in [-0.4, -0.2) is 37.7 Å². The molecule has 0 bridgehead atoms. The summed E-state index contributed by atoms with van der Waals surface area (Å²) < 4.78 is 5.46. The number of nitrogens with one attached hydrogen (secondary N) is 1. The highest BCUT2D eigenvalue weighted by Crippen LogP contribution is 2.29. The van der Waals surface area contributed by atoms with Crippen LogP contribution < -0.4 is 10.1 Å². The molecule has 3 nitrogen and oxygen atoms in total. The van der Waals surface area contributed by atoms with Crippen LogP contribution in [0.2, 0.25) is 5.02 Å². The van der Waals surface area contributed by atoms with Crippen LogP contribution in [-0.2, 0) is 0 Å². The predicted molar refractivity (Wildman–Crippen MR) is 85.9 cm³/mol. The molecule has 2 rings (SSSR count). The van der Waals surface area contributed by atoms with Crippen molar-refractivity contribution in [1.29, 1.82) is 0 Å². The maximum Gasteiger partial charge on any atom is 0.138 e. The molecule has 1 aromatic rings. The number of hydrogen-bond acceptors (Lipinski definition) is 3. The maximum atomic E-state index is 6.22. The normalized spacial score (nSPS) is 18.8. The SMILES string of the molecule is CCOc1ccc(NC(C)C2CCN(C)CC2)cc1Cl. The van der Waals surface area contributed by atoms with Crippen LogP contribution in [0.15, 0.2) is 18.2 Å². The Bertz CT molecular complexity index is 430. The third kappa shape index (κ3) is 4.03. The molecule has 1 aliphatic rings. The first-order valence-corrected chi connectivity index (χ1v) is 7.85. The summed E-state index contributed by atoms with van der Waals surface area (Å²) in [5, 5.41) is 4.25. The zero-order valence-corrected chi connectivity index (χ0v) is 13.4. The van der Waals surface area contributed by atoms with Crippen LogP contribution in [0.1, 0.15) is 26.7 Å². The Morgan fingerprint density at radius 2 is 2.10 bits per heavy atom. The quantitative estimate of drug-likeness (QED) is 0.892. The Kier molecular flexibility index (Phi) is 5.55. The van der Waals surface area contributed by atoms with E-state index in [1.807, 2.05) is 25.1 Å². The first kappa shape index (κ1) is 15.5. The van der Waals surface area contributed by atoms with Gasteiger partial charge in [0, 0.05) is 11.7 Å². The lowest BCUT2D eigenvalue weighted by Crippen LogP contribution is -2.37. The number of halogens is 1. The molecule has 1 saturated heterocycles. The number of nitrogens with zero attached hydrogens (tertiary/aromatic N) is 1. The molecule has 0 radical (unpaired) electrons. The average Bonchev–Trinajstić information content (AvgIpc) is 2.42. The van der Waals surface area contributed by atoms with E-state index in [1.54, 1.807) is 0 Å². The first-order chi connectivity index (χ1) is 9.60. The van der Waals surface area contributed by atoms with Crippen LogP contribution >= 0.6 is 11.6 Å². The lowest BCUT2D eigenvalue weighted by Gasteiger charge is -2.33. The molecule has 0 amide bonds. The van der Waals surface area contributed by atoms with Crippen molar-refractivity contribution in [2.24, 2.45) is 5.92 Å². The van der Waals surface area contributed by atoms with E-state index in [0.29, 0.717) is 17.7 Å². The van der Waals surface area contributed by atoms with Gasteiger partial charge < -0.3 is 15.0 Å². The molecule has 0 aliphatic carbocycles. The lowest BCUT2D eigenvalue weighted by atomic mass is 9.90. The van der Waals surface area contributed by atoms with Gasteiger partial charge in [-0.3, -0.25) is 0 Å². The second kappa shape index (κ2) is 7.19. The molecule has 1 fully saturated rings. The highest BCUT2D eigenvalue weighted by atomic mass is 35.5. The van der Waals surface area contributed by atoms with Crippen molar-refractivity contribution in [2.45, 2.75) is 32.7 Å². The second-order valence-corrected chi connectivity index (χ2v) is 6.06. The van der Waals surface area contributed by atoms with E-state index in [2.05, 4.69) is 24.2 Å². The second-order valence-electron chi connectivity index (χ2n) is 5.65. The lowest BCUT2D eigenvalue weighted by molar-refractivity contribution is 0.208. The number of benzene rings is 1. The van der Waals surface area contributed by atoms with E-state index < -0.39 is 0 Å². The molecule has 20 heavy (non-hydrogen) atoms. The third-order valence-corrected chi connectivity index (χ3v) is 4.39. The molecule has 0 saturated carbocycles. The zero-order chi connectivity index (χ0) is 14.5. The average molecular weight is 297 g/mol. The van der Waals surface area contributed by atoms with Crippen molar-refractivity contribution in [3.05, 3.63) is 23.2 Å². The van der Waals surface area contributed by atoms with Crippen LogP contribution in [0.25, 0.3) is 0 Å². The fraction of sp³-hybridized carbons (Fsp3) is 0.625. The van der Waals surface area contributed by atoms with E-state index in [1.165, 1.54) is 25.9 Å². The summed E-state index contributed by atoms with van der Waals surface area (Å²) in [6.07, 6.45) is 2.52. The summed E-state index contributed by atoms with van der Waals surface area (Å²) in [5.41, 5.74) is 1.07. The molecule has 0 spiro atoms. The topological polar surface area (TPSA) is 24.5 Å². The Hall–Kier alpha value is -0.930. The zero-order valence-electron chi connectivity index (χ0n) is 12.7. The fourth-order valence-corrected chi connectivity index (χ4v) is 3.01. The van der Waals surface area contributed by atoms with Gasteiger partial charge in [0.05, 0.1) is 11.6 Å². The molecule has 1 unspecified atom stereocenters. The van der Waals surface area contributed by atoms with E-state index >= 15 is 0 Å². The molecule has 4 heteroatoms. The molecule has 1 aromatic carbocycles. The summed E-state index contributed by atoms with van der Waals surface area (Å²) in [5.74, 6) is 1.49. The largest absolute Gasteiger partial charge is 0.492 e. The van der Waals surface area contributed by atoms with Gasteiger partial charge in [-0.2, -0.15) is 0 Å². The van der Waals surface area contributed by atoms with Crippen molar-refractivity contribution in [3.8, 4) is 5.75 Å². The summed E-state index contributed by atoms with van der Waals surface area (Å²) >= 11 is 6.22. The highest BCUT2D eigenvalue weighted by molar-refractivity contribution is 6.32. The maximum absolute atomic E-state index is 6.22. The van der Waals surface area contributed by atoms with Gasteiger partial charge in [0.1, 0.15) is 5.75 Å². The number of piperidine rings is 1. The molecule has 112 valence electrons. The van der Waals surface area contributed by atoms with Crippen molar-refractivity contribution in [2.75, 3.05) is 32.1 Å². The van der Waals surface area contributed by atoms with Crippen LogP contribution in [0.5, 0.6) is 5.75 Å². The van der Waals surface area contributed by atoms with Gasteiger partial charge in [0.2, 0.25) is 0 Å². The molecule has 0 aromatic heterocycles. The van der Waals surface area contributed by atoms with Gasteiger partial charge in [0.15, 0.2) is 0 Å².